The van der Waals surface area contributed by atoms with Crippen LogP contribution in [0.1, 0.15) is 6.92 Å². The van der Waals surface area contributed by atoms with E-state index in [0.717, 1.165) is 0 Å². The molecule has 1 N–H and O–H groups in total. The molecule has 0 aliphatic carbocycles. The van der Waals surface area contributed by atoms with Crippen LogP contribution >= 0.6 is 22.4 Å². The first-order chi connectivity index (χ1) is 22.5. The molecule has 5 unspecified atom stereocenters. The predicted molar refractivity (Wildman–Crippen MR) is 183 cm³/mol. The lowest BCUT2D eigenvalue weighted by Gasteiger charge is -2.31. The average molecular weight is 672 g/mol. The largest absolute Gasteiger partial charge is 0.478 e. The first kappa shape index (κ1) is 30.4. The van der Waals surface area contributed by atoms with Gasteiger partial charge in [-0.05, 0) is 67.6 Å². The summed E-state index contributed by atoms with van der Waals surface area (Å²) in [5.74, 6) is 0.685. The third-order valence-corrected chi connectivity index (χ3v) is 15.6. The van der Waals surface area contributed by atoms with Crippen LogP contribution in [0.4, 0.5) is 0 Å². The van der Waals surface area contributed by atoms with Crippen LogP contribution in [0.5, 0.6) is 28.7 Å². The van der Waals surface area contributed by atoms with E-state index in [9.17, 15) is 4.89 Å². The Hall–Kier alpha value is -4.25. The van der Waals surface area contributed by atoms with Crippen LogP contribution in [0, 0.1) is 0 Å². The molecule has 0 radical (unpaired) electrons. The summed E-state index contributed by atoms with van der Waals surface area (Å²) in [5, 5.41) is 0. The van der Waals surface area contributed by atoms with Crippen molar-refractivity contribution in [2.75, 3.05) is 0 Å². The van der Waals surface area contributed by atoms with Gasteiger partial charge >= 0.3 is 15.2 Å². The summed E-state index contributed by atoms with van der Waals surface area (Å²) >= 11 is 0. The van der Waals surface area contributed by atoms with Gasteiger partial charge in [0.1, 0.15) is 28.7 Å². The van der Waals surface area contributed by atoms with Crippen molar-refractivity contribution >= 4 is 22.4 Å². The standard InChI is InChI=1S/C34H32N3O6P3/c1-27-35-44(40-29-19-9-3-10-20-29)33(34(44)39-28-17-7-2-8-18-28)36-46(38,43-32-25-15-6-16-26-32)37-45(27,41-30-21-11-4-12-22-30)42-31-23-13-5-14-24-31/h2-27,33-34,38H,1H3. The Morgan fingerprint density at radius 1 is 0.500 bits per heavy atom. The maximum Gasteiger partial charge on any atom is 0.392 e. The highest BCUT2D eigenvalue weighted by Crippen LogP contribution is 2.82. The van der Waals surface area contributed by atoms with E-state index in [1.54, 1.807) is 12.1 Å². The fourth-order valence-electron chi connectivity index (χ4n) is 4.96. The van der Waals surface area contributed by atoms with Crippen molar-refractivity contribution in [1.82, 2.24) is 0 Å². The highest BCUT2D eigenvalue weighted by molar-refractivity contribution is 7.74. The van der Waals surface area contributed by atoms with Gasteiger partial charge in [-0.25, -0.2) is 9.49 Å². The Labute approximate surface area is 268 Å². The van der Waals surface area contributed by atoms with E-state index in [4.69, 9.17) is 36.8 Å². The zero-order chi connectivity index (χ0) is 31.5. The Morgan fingerprint density at radius 3 is 1.35 bits per heavy atom. The van der Waals surface area contributed by atoms with E-state index in [2.05, 4.69) is 0 Å². The summed E-state index contributed by atoms with van der Waals surface area (Å²) in [4.78, 5) is 12.5. The highest BCUT2D eigenvalue weighted by Gasteiger charge is 2.68. The van der Waals surface area contributed by atoms with Gasteiger partial charge in [-0.2, -0.15) is 0 Å². The van der Waals surface area contributed by atoms with Crippen molar-refractivity contribution in [2.24, 2.45) is 14.0 Å². The molecule has 2 aliphatic heterocycles. The monoisotopic (exact) mass is 671 g/mol. The predicted octanol–water partition coefficient (Wildman–Crippen LogP) is 10.5. The second-order valence-electron chi connectivity index (χ2n) is 10.6. The number of hydrogen-bond acceptors (Lipinski definition) is 8. The van der Waals surface area contributed by atoms with Gasteiger partial charge in [-0.1, -0.05) is 91.0 Å². The number of para-hydroxylation sites is 5. The Kier molecular flexibility index (Phi) is 8.50. The molecule has 1 fully saturated rings. The molecule has 1 saturated heterocycles. The maximum absolute atomic E-state index is 12.5. The molecule has 0 bridgehead atoms. The number of benzene rings is 5. The van der Waals surface area contributed by atoms with Gasteiger partial charge in [-0.15, -0.1) is 4.52 Å². The van der Waals surface area contributed by atoms with Crippen LogP contribution in [-0.4, -0.2) is 22.3 Å². The van der Waals surface area contributed by atoms with E-state index < -0.39 is 39.9 Å². The van der Waals surface area contributed by atoms with Crippen molar-refractivity contribution < 1.29 is 27.7 Å². The molecule has 5 aromatic rings. The summed E-state index contributed by atoms with van der Waals surface area (Å²) in [6.45, 7) is 1.88. The summed E-state index contributed by atoms with van der Waals surface area (Å²) in [6.07, 6.45) is 0. The lowest BCUT2D eigenvalue weighted by Crippen LogP contribution is -2.14. The van der Waals surface area contributed by atoms with Crippen LogP contribution in [0.25, 0.3) is 0 Å². The molecule has 0 aromatic heterocycles. The molecular formula is C34H32N3O6P3. The van der Waals surface area contributed by atoms with E-state index in [0.29, 0.717) is 28.7 Å². The minimum Gasteiger partial charge on any atom is -0.478 e. The van der Waals surface area contributed by atoms with Crippen molar-refractivity contribution in [2.45, 2.75) is 24.3 Å². The van der Waals surface area contributed by atoms with E-state index in [1.807, 2.05) is 146 Å². The molecule has 46 heavy (non-hydrogen) atoms. The van der Waals surface area contributed by atoms with Gasteiger partial charge in [-0.3, -0.25) is 0 Å². The molecule has 0 spiro atoms. The Bertz CT molecular complexity index is 1900. The van der Waals surface area contributed by atoms with Crippen LogP contribution in [0.15, 0.2) is 166 Å². The second-order valence-corrected chi connectivity index (χ2v) is 17.7. The van der Waals surface area contributed by atoms with E-state index in [-0.39, 0.29) is 0 Å². The zero-order valence-corrected chi connectivity index (χ0v) is 27.5. The quantitative estimate of drug-likeness (QED) is 0.148. The third kappa shape index (κ3) is 6.51. The molecule has 2 aliphatic rings. The lowest BCUT2D eigenvalue weighted by molar-refractivity contribution is 0.311. The van der Waals surface area contributed by atoms with Gasteiger partial charge < -0.3 is 27.7 Å². The van der Waals surface area contributed by atoms with Crippen molar-refractivity contribution in [3.63, 3.8) is 0 Å². The fourth-order valence-corrected chi connectivity index (χ4v) is 14.4. The van der Waals surface area contributed by atoms with Crippen LogP contribution in [0.3, 0.4) is 0 Å². The first-order valence-corrected chi connectivity index (χ1v) is 19.8. The molecule has 9 nitrogen and oxygen atoms in total. The van der Waals surface area contributed by atoms with Crippen molar-refractivity contribution in [3.8, 4) is 28.7 Å². The molecule has 0 amide bonds. The van der Waals surface area contributed by atoms with Gasteiger partial charge in [0.2, 0.25) is 7.28 Å². The summed E-state index contributed by atoms with van der Waals surface area (Å²) in [5.41, 5.74) is 0. The van der Waals surface area contributed by atoms with Crippen LogP contribution < -0.4 is 22.8 Å². The number of nitrogens with zero attached hydrogens (tertiary/aromatic N) is 3. The van der Waals surface area contributed by atoms with Crippen molar-refractivity contribution in [1.29, 1.82) is 0 Å². The normalized spacial score (nSPS) is 25.8. The smallest absolute Gasteiger partial charge is 0.392 e. The molecule has 2 heterocycles. The van der Waals surface area contributed by atoms with E-state index in [1.165, 1.54) is 0 Å². The van der Waals surface area contributed by atoms with Gasteiger partial charge in [0.05, 0.1) is 0 Å². The lowest BCUT2D eigenvalue weighted by atomic mass is 10.3. The minimum atomic E-state index is -4.04. The third-order valence-electron chi connectivity index (χ3n) is 7.16. The average Bonchev–Trinajstić information content (AvgIpc) is 3.62. The van der Waals surface area contributed by atoms with Crippen molar-refractivity contribution in [3.05, 3.63) is 152 Å². The second kappa shape index (κ2) is 12.9. The summed E-state index contributed by atoms with van der Waals surface area (Å²) in [7, 11) is -10.6. The fraction of sp³-hybridized carbons (Fsp3) is 0.118. The summed E-state index contributed by atoms with van der Waals surface area (Å²) in [6, 6.07) is 46.4. The molecular weight excluding hydrogens is 639 g/mol. The Balaban J connectivity index is 1.45. The van der Waals surface area contributed by atoms with Gasteiger partial charge in [0.25, 0.3) is 0 Å². The molecule has 12 heteroatoms. The molecule has 0 saturated carbocycles. The number of fused-ring (bicyclic) bond motifs is 1. The number of hydrogen-bond donors (Lipinski definition) is 1. The first-order valence-electron chi connectivity index (χ1n) is 14.7. The number of ether oxygens (including phenoxy) is 1. The Morgan fingerprint density at radius 2 is 0.891 bits per heavy atom. The van der Waals surface area contributed by atoms with E-state index >= 15 is 0 Å². The molecule has 7 rings (SSSR count). The minimum absolute atomic E-state index is 0.405. The zero-order valence-electron chi connectivity index (χ0n) is 24.8. The topological polar surface area (TPSA) is 103 Å². The maximum atomic E-state index is 12.5. The van der Waals surface area contributed by atoms with Crippen LogP contribution in [-0.2, 0) is 0 Å². The summed E-state index contributed by atoms with van der Waals surface area (Å²) < 4.78 is 48.4. The number of rotatable bonds is 10. The van der Waals surface area contributed by atoms with Crippen LogP contribution in [0.2, 0.25) is 0 Å². The van der Waals surface area contributed by atoms with Gasteiger partial charge in [0.15, 0.2) is 17.4 Å². The molecule has 5 atom stereocenters. The highest BCUT2D eigenvalue weighted by atomic mass is 31.2. The SMILES string of the molecule is CC1N=P2(Oc3ccccc3)C(N=P(O)(Oc3ccccc3)N=P1(Oc1ccccc1)Oc1ccccc1)C2Oc1ccccc1. The van der Waals surface area contributed by atoms with Gasteiger partial charge in [0, 0.05) is 0 Å². The molecule has 234 valence electrons. The molecule has 5 aromatic carbocycles.